The van der Waals surface area contributed by atoms with Crippen molar-refractivity contribution in [1.29, 1.82) is 0 Å². The van der Waals surface area contributed by atoms with Gasteiger partial charge in [0.25, 0.3) is 5.91 Å². The zero-order valence-electron chi connectivity index (χ0n) is 11.1. The molecule has 5 heteroatoms. The molecule has 0 fully saturated rings. The van der Waals surface area contributed by atoms with Crippen LogP contribution in [0.1, 0.15) is 15.9 Å². The molecule has 0 saturated heterocycles. The lowest BCUT2D eigenvalue weighted by Gasteiger charge is -2.12. The van der Waals surface area contributed by atoms with Crippen molar-refractivity contribution >= 4 is 51.5 Å². The highest BCUT2D eigenvalue weighted by atomic mass is 127. The van der Waals surface area contributed by atoms with E-state index >= 15 is 0 Å². The van der Waals surface area contributed by atoms with Crippen LogP contribution in [-0.2, 0) is 0 Å². The van der Waals surface area contributed by atoms with E-state index in [2.05, 4.69) is 33.2 Å². The molecule has 20 heavy (non-hydrogen) atoms. The Hall–Kier alpha value is -1.27. The Labute approximate surface area is 136 Å². The van der Waals surface area contributed by atoms with E-state index in [1.165, 1.54) is 0 Å². The summed E-state index contributed by atoms with van der Waals surface area (Å²) in [5.74, 6) is -0.144. The van der Waals surface area contributed by atoms with E-state index in [-0.39, 0.29) is 5.91 Å². The van der Waals surface area contributed by atoms with E-state index in [9.17, 15) is 4.79 Å². The number of aryl methyl sites for hydroxylation is 1. The molecule has 0 unspecified atom stereocenters. The molecule has 0 radical (unpaired) electrons. The van der Waals surface area contributed by atoms with Crippen LogP contribution >= 0.6 is 34.2 Å². The van der Waals surface area contributed by atoms with Crippen molar-refractivity contribution in [3.8, 4) is 0 Å². The summed E-state index contributed by atoms with van der Waals surface area (Å²) >= 11 is 8.06. The summed E-state index contributed by atoms with van der Waals surface area (Å²) in [6.07, 6.45) is 0. The van der Waals surface area contributed by atoms with Crippen LogP contribution in [0.4, 0.5) is 11.4 Å². The van der Waals surface area contributed by atoms with E-state index in [0.717, 1.165) is 20.5 Å². The Morgan fingerprint density at radius 1 is 1.15 bits per heavy atom. The number of hydrogen-bond donors (Lipinski definition) is 2. The van der Waals surface area contributed by atoms with Gasteiger partial charge >= 0.3 is 0 Å². The average molecular weight is 401 g/mol. The zero-order valence-corrected chi connectivity index (χ0v) is 14.0. The maximum absolute atomic E-state index is 12.4. The van der Waals surface area contributed by atoms with E-state index in [4.69, 9.17) is 11.6 Å². The maximum atomic E-state index is 12.4. The van der Waals surface area contributed by atoms with Crippen molar-refractivity contribution in [1.82, 2.24) is 0 Å². The Balaban J connectivity index is 2.28. The van der Waals surface area contributed by atoms with Gasteiger partial charge in [0, 0.05) is 21.3 Å². The van der Waals surface area contributed by atoms with Crippen LogP contribution < -0.4 is 10.6 Å². The molecule has 3 nitrogen and oxygen atoms in total. The van der Waals surface area contributed by atoms with Gasteiger partial charge in [-0.1, -0.05) is 17.7 Å². The number of nitrogens with one attached hydrogen (secondary N) is 2. The number of carbonyl (C=O) groups is 1. The Bertz CT molecular complexity index is 658. The molecule has 0 atom stereocenters. The second-order valence-corrected chi connectivity index (χ2v) is 5.98. The molecule has 0 heterocycles. The number of hydrogen-bond acceptors (Lipinski definition) is 2. The molecule has 2 aromatic carbocycles. The molecule has 0 saturated carbocycles. The zero-order chi connectivity index (χ0) is 14.7. The van der Waals surface area contributed by atoms with Crippen molar-refractivity contribution < 1.29 is 4.79 Å². The smallest absolute Gasteiger partial charge is 0.257 e. The first kappa shape index (κ1) is 15.1. The fourth-order valence-corrected chi connectivity index (χ4v) is 2.85. The van der Waals surface area contributed by atoms with Crippen molar-refractivity contribution in [3.63, 3.8) is 0 Å². The van der Waals surface area contributed by atoms with Gasteiger partial charge in [-0.15, -0.1) is 0 Å². The lowest BCUT2D eigenvalue weighted by atomic mass is 10.1. The number of anilines is 2. The fourth-order valence-electron chi connectivity index (χ4n) is 1.84. The summed E-state index contributed by atoms with van der Waals surface area (Å²) in [4.78, 5) is 12.4. The van der Waals surface area contributed by atoms with Gasteiger partial charge in [0.2, 0.25) is 0 Å². The van der Waals surface area contributed by atoms with Gasteiger partial charge in [0.05, 0.1) is 11.3 Å². The van der Waals surface area contributed by atoms with Crippen LogP contribution in [0.25, 0.3) is 0 Å². The Morgan fingerprint density at radius 3 is 2.55 bits per heavy atom. The van der Waals surface area contributed by atoms with Gasteiger partial charge in [-0.3, -0.25) is 4.79 Å². The second kappa shape index (κ2) is 6.45. The minimum Gasteiger partial charge on any atom is -0.387 e. The Kier molecular flexibility index (Phi) is 4.88. The molecular weight excluding hydrogens is 387 g/mol. The lowest BCUT2D eigenvalue weighted by molar-refractivity contribution is 0.102. The standard InChI is InChI=1S/C15H14ClIN2O/c1-9-3-5-11(14(7-9)18-2)15(20)19-13-6-4-10(16)8-12(13)17/h3-8,18H,1-2H3,(H,19,20). The summed E-state index contributed by atoms with van der Waals surface area (Å²) in [6.45, 7) is 1.99. The van der Waals surface area contributed by atoms with Gasteiger partial charge in [0.1, 0.15) is 0 Å². The summed E-state index contributed by atoms with van der Waals surface area (Å²) in [5.41, 5.74) is 3.28. The summed E-state index contributed by atoms with van der Waals surface area (Å²) in [6, 6.07) is 11.1. The molecule has 0 aliphatic heterocycles. The molecule has 0 aliphatic rings. The van der Waals surface area contributed by atoms with Crippen LogP contribution in [0.2, 0.25) is 5.02 Å². The van der Waals surface area contributed by atoms with Crippen molar-refractivity contribution in [2.75, 3.05) is 17.7 Å². The van der Waals surface area contributed by atoms with Gasteiger partial charge in [0.15, 0.2) is 0 Å². The van der Waals surface area contributed by atoms with Crippen LogP contribution in [0.15, 0.2) is 36.4 Å². The first-order chi connectivity index (χ1) is 9.51. The van der Waals surface area contributed by atoms with Crippen molar-refractivity contribution in [2.24, 2.45) is 0 Å². The number of amides is 1. The van der Waals surface area contributed by atoms with Gasteiger partial charge in [-0.05, 0) is 65.4 Å². The number of benzene rings is 2. The molecule has 2 aromatic rings. The Morgan fingerprint density at radius 2 is 1.90 bits per heavy atom. The highest BCUT2D eigenvalue weighted by Gasteiger charge is 2.12. The average Bonchev–Trinajstić information content (AvgIpc) is 2.41. The topological polar surface area (TPSA) is 41.1 Å². The maximum Gasteiger partial charge on any atom is 0.257 e. The molecule has 0 spiro atoms. The van der Waals surface area contributed by atoms with Crippen LogP contribution in [0.5, 0.6) is 0 Å². The summed E-state index contributed by atoms with van der Waals surface area (Å²) < 4.78 is 0.904. The van der Waals surface area contributed by atoms with Crippen LogP contribution in [0.3, 0.4) is 0 Å². The fraction of sp³-hybridized carbons (Fsp3) is 0.133. The molecule has 2 N–H and O–H groups in total. The highest BCUT2D eigenvalue weighted by Crippen LogP contribution is 2.24. The lowest BCUT2D eigenvalue weighted by Crippen LogP contribution is -2.14. The number of carbonyl (C=O) groups excluding carboxylic acids is 1. The van der Waals surface area contributed by atoms with Crippen molar-refractivity contribution in [2.45, 2.75) is 6.92 Å². The normalized spacial score (nSPS) is 10.2. The van der Waals surface area contributed by atoms with Gasteiger partial charge in [-0.25, -0.2) is 0 Å². The SMILES string of the molecule is CNc1cc(C)ccc1C(=O)Nc1ccc(Cl)cc1I. The summed E-state index contributed by atoms with van der Waals surface area (Å²) in [5, 5.41) is 6.60. The molecule has 0 bridgehead atoms. The highest BCUT2D eigenvalue weighted by molar-refractivity contribution is 14.1. The third kappa shape index (κ3) is 3.43. The second-order valence-electron chi connectivity index (χ2n) is 4.38. The molecule has 104 valence electrons. The van der Waals surface area contributed by atoms with Crippen molar-refractivity contribution in [3.05, 3.63) is 56.1 Å². The third-order valence-corrected chi connectivity index (χ3v) is 4.00. The van der Waals surface area contributed by atoms with E-state index in [1.54, 1.807) is 19.2 Å². The minimum absolute atomic E-state index is 0.144. The van der Waals surface area contributed by atoms with Crippen LogP contribution in [0, 0.1) is 10.5 Å². The molecule has 0 aliphatic carbocycles. The minimum atomic E-state index is -0.144. The van der Waals surface area contributed by atoms with E-state index < -0.39 is 0 Å². The largest absolute Gasteiger partial charge is 0.387 e. The predicted octanol–water partition coefficient (Wildman–Crippen LogP) is 4.55. The number of rotatable bonds is 3. The third-order valence-electron chi connectivity index (χ3n) is 2.87. The van der Waals surface area contributed by atoms with E-state index in [1.807, 2.05) is 31.2 Å². The quantitative estimate of drug-likeness (QED) is 0.742. The summed E-state index contributed by atoms with van der Waals surface area (Å²) in [7, 11) is 1.80. The molecule has 1 amide bonds. The molecule has 0 aromatic heterocycles. The first-order valence-electron chi connectivity index (χ1n) is 6.06. The van der Waals surface area contributed by atoms with Gasteiger partial charge < -0.3 is 10.6 Å². The molecule has 2 rings (SSSR count). The number of halogens is 2. The van der Waals surface area contributed by atoms with Crippen LogP contribution in [-0.4, -0.2) is 13.0 Å². The van der Waals surface area contributed by atoms with Gasteiger partial charge in [-0.2, -0.15) is 0 Å². The monoisotopic (exact) mass is 400 g/mol. The first-order valence-corrected chi connectivity index (χ1v) is 7.51. The predicted molar refractivity (Wildman–Crippen MR) is 92.8 cm³/mol. The van der Waals surface area contributed by atoms with E-state index in [0.29, 0.717) is 10.6 Å². The molecular formula is C15H14ClIN2O.